The summed E-state index contributed by atoms with van der Waals surface area (Å²) < 4.78 is 3.85. The molecule has 1 fully saturated rings. The molecule has 2 aromatic heterocycles. The molecule has 1 amide bonds. The van der Waals surface area contributed by atoms with Gasteiger partial charge in [-0.15, -0.1) is 16.4 Å². The Kier molecular flexibility index (Phi) is 5.34. The molecule has 23 heavy (non-hydrogen) atoms. The number of likely N-dealkylation sites (tertiary alicyclic amines) is 1. The van der Waals surface area contributed by atoms with Crippen LogP contribution in [-0.4, -0.2) is 38.5 Å². The van der Waals surface area contributed by atoms with Crippen molar-refractivity contribution in [2.75, 3.05) is 18.4 Å². The summed E-state index contributed by atoms with van der Waals surface area (Å²) in [6, 6.07) is 0. The number of anilines is 1. The van der Waals surface area contributed by atoms with Crippen LogP contribution in [0.3, 0.4) is 0 Å². The standard InChI is InChI=1S/C15H21N5OS2/c1-3-12-13(23-19-18-12)14(21)17-15-16-11(9-22-15)8-20-6-4-10(2)5-7-20/h9-10H,3-8H2,1-2H3,(H,16,17,21). The fraction of sp³-hybridized carbons (Fsp3) is 0.600. The summed E-state index contributed by atoms with van der Waals surface area (Å²) in [5, 5.41) is 9.51. The van der Waals surface area contributed by atoms with E-state index in [4.69, 9.17) is 0 Å². The van der Waals surface area contributed by atoms with Gasteiger partial charge in [-0.05, 0) is 49.8 Å². The third-order valence-electron chi connectivity index (χ3n) is 4.13. The molecule has 0 spiro atoms. The van der Waals surface area contributed by atoms with Gasteiger partial charge >= 0.3 is 0 Å². The molecule has 3 rings (SSSR count). The fourth-order valence-corrected chi connectivity index (χ4v) is 3.99. The summed E-state index contributed by atoms with van der Waals surface area (Å²) in [6.45, 7) is 7.40. The van der Waals surface area contributed by atoms with Crippen LogP contribution < -0.4 is 5.32 Å². The molecule has 6 nitrogen and oxygen atoms in total. The van der Waals surface area contributed by atoms with Crippen molar-refractivity contribution in [3.63, 3.8) is 0 Å². The number of nitrogens with zero attached hydrogens (tertiary/aromatic N) is 4. The van der Waals surface area contributed by atoms with Crippen molar-refractivity contribution in [1.29, 1.82) is 0 Å². The summed E-state index contributed by atoms with van der Waals surface area (Å²) in [4.78, 5) is 19.8. The van der Waals surface area contributed by atoms with E-state index in [1.165, 1.54) is 24.2 Å². The Balaban J connectivity index is 1.58. The van der Waals surface area contributed by atoms with Crippen molar-refractivity contribution < 1.29 is 4.79 Å². The number of aromatic nitrogens is 3. The monoisotopic (exact) mass is 351 g/mol. The van der Waals surface area contributed by atoms with Crippen molar-refractivity contribution in [2.45, 2.75) is 39.7 Å². The molecule has 8 heteroatoms. The van der Waals surface area contributed by atoms with Crippen LogP contribution in [-0.2, 0) is 13.0 Å². The zero-order valence-corrected chi connectivity index (χ0v) is 15.0. The van der Waals surface area contributed by atoms with E-state index < -0.39 is 0 Å². The molecule has 0 unspecified atom stereocenters. The molecular formula is C15H21N5OS2. The predicted molar refractivity (Wildman–Crippen MR) is 93.0 cm³/mol. The second-order valence-corrected chi connectivity index (χ2v) is 7.57. The van der Waals surface area contributed by atoms with E-state index in [0.29, 0.717) is 16.4 Å². The summed E-state index contributed by atoms with van der Waals surface area (Å²) >= 11 is 2.60. The Morgan fingerprint density at radius 2 is 2.22 bits per heavy atom. The first-order valence-corrected chi connectivity index (χ1v) is 9.60. The lowest BCUT2D eigenvalue weighted by molar-refractivity contribution is 0.102. The quantitative estimate of drug-likeness (QED) is 0.896. The zero-order chi connectivity index (χ0) is 16.2. The Morgan fingerprint density at radius 1 is 1.43 bits per heavy atom. The summed E-state index contributed by atoms with van der Waals surface area (Å²) in [5.74, 6) is 0.668. The Bertz CT molecular complexity index is 660. The number of hydrogen-bond donors (Lipinski definition) is 1. The van der Waals surface area contributed by atoms with Gasteiger partial charge < -0.3 is 0 Å². The Hall–Kier alpha value is -1.38. The van der Waals surface area contributed by atoms with Crippen LogP contribution >= 0.6 is 22.9 Å². The molecule has 1 aliphatic rings. The average Bonchev–Trinajstić information content (AvgIpc) is 3.18. The second kappa shape index (κ2) is 7.46. The first-order chi connectivity index (χ1) is 11.2. The maximum Gasteiger partial charge on any atom is 0.271 e. The third-order valence-corrected chi connectivity index (χ3v) is 5.70. The van der Waals surface area contributed by atoms with Crippen LogP contribution in [0.25, 0.3) is 0 Å². The molecule has 1 saturated heterocycles. The van der Waals surface area contributed by atoms with Gasteiger partial charge in [-0.1, -0.05) is 18.3 Å². The molecule has 0 aliphatic carbocycles. The number of aryl methyl sites for hydroxylation is 1. The molecule has 124 valence electrons. The van der Waals surface area contributed by atoms with Crippen LogP contribution in [0.1, 0.15) is 47.7 Å². The van der Waals surface area contributed by atoms with Crippen LogP contribution in [0.15, 0.2) is 5.38 Å². The van der Waals surface area contributed by atoms with E-state index in [0.717, 1.165) is 48.5 Å². The summed E-state index contributed by atoms with van der Waals surface area (Å²) in [7, 11) is 0. The molecule has 0 radical (unpaired) electrons. The molecule has 3 heterocycles. The first kappa shape index (κ1) is 16.5. The smallest absolute Gasteiger partial charge is 0.271 e. The minimum absolute atomic E-state index is 0.162. The number of rotatable bonds is 5. The van der Waals surface area contributed by atoms with Gasteiger partial charge in [0, 0.05) is 11.9 Å². The van der Waals surface area contributed by atoms with Gasteiger partial charge in [-0.25, -0.2) is 4.98 Å². The maximum atomic E-state index is 12.3. The molecule has 0 atom stereocenters. The largest absolute Gasteiger partial charge is 0.297 e. The van der Waals surface area contributed by atoms with Gasteiger partial charge in [0.25, 0.3) is 5.91 Å². The summed E-state index contributed by atoms with van der Waals surface area (Å²) in [6.07, 6.45) is 3.22. The number of carbonyl (C=O) groups excluding carboxylic acids is 1. The molecule has 2 aromatic rings. The highest BCUT2D eigenvalue weighted by Crippen LogP contribution is 2.22. The number of amides is 1. The maximum absolute atomic E-state index is 12.3. The zero-order valence-electron chi connectivity index (χ0n) is 13.4. The third kappa shape index (κ3) is 4.13. The normalized spacial score (nSPS) is 16.6. The van der Waals surface area contributed by atoms with Crippen LogP contribution in [0.4, 0.5) is 5.13 Å². The lowest BCUT2D eigenvalue weighted by Crippen LogP contribution is -2.32. The molecular weight excluding hydrogens is 330 g/mol. The van der Waals surface area contributed by atoms with Gasteiger partial charge in [-0.2, -0.15) is 0 Å². The van der Waals surface area contributed by atoms with Crippen LogP contribution in [0, 0.1) is 5.92 Å². The van der Waals surface area contributed by atoms with Gasteiger partial charge in [0.15, 0.2) is 5.13 Å². The topological polar surface area (TPSA) is 71.0 Å². The molecule has 0 aromatic carbocycles. The number of thiazole rings is 1. The van der Waals surface area contributed by atoms with Crippen molar-refractivity contribution in [1.82, 2.24) is 19.5 Å². The van der Waals surface area contributed by atoms with Gasteiger partial charge in [-0.3, -0.25) is 15.0 Å². The highest BCUT2D eigenvalue weighted by molar-refractivity contribution is 7.14. The number of piperidine rings is 1. The molecule has 0 saturated carbocycles. The lowest BCUT2D eigenvalue weighted by atomic mass is 9.99. The minimum Gasteiger partial charge on any atom is -0.297 e. The van der Waals surface area contributed by atoms with E-state index in [9.17, 15) is 4.79 Å². The number of hydrogen-bond acceptors (Lipinski definition) is 7. The fourth-order valence-electron chi connectivity index (χ4n) is 2.65. The molecule has 1 N–H and O–H groups in total. The van der Waals surface area contributed by atoms with Gasteiger partial charge in [0.1, 0.15) is 4.88 Å². The molecule has 1 aliphatic heterocycles. The minimum atomic E-state index is -0.162. The van der Waals surface area contributed by atoms with Crippen molar-refractivity contribution in [2.24, 2.45) is 5.92 Å². The number of nitrogens with one attached hydrogen (secondary N) is 1. The van der Waals surface area contributed by atoms with Crippen molar-refractivity contribution in [3.05, 3.63) is 21.6 Å². The van der Waals surface area contributed by atoms with Gasteiger partial charge in [0.2, 0.25) is 0 Å². The second-order valence-electron chi connectivity index (χ2n) is 5.96. The van der Waals surface area contributed by atoms with E-state index in [1.807, 2.05) is 12.3 Å². The highest BCUT2D eigenvalue weighted by Gasteiger charge is 2.18. The Morgan fingerprint density at radius 3 is 2.96 bits per heavy atom. The predicted octanol–water partition coefficient (Wildman–Crippen LogP) is 3.04. The van der Waals surface area contributed by atoms with E-state index in [2.05, 4.69) is 31.7 Å². The summed E-state index contributed by atoms with van der Waals surface area (Å²) in [5.41, 5.74) is 1.77. The van der Waals surface area contributed by atoms with E-state index >= 15 is 0 Å². The van der Waals surface area contributed by atoms with Crippen molar-refractivity contribution >= 4 is 33.9 Å². The van der Waals surface area contributed by atoms with E-state index in [1.54, 1.807) is 0 Å². The SMILES string of the molecule is CCc1nnsc1C(=O)Nc1nc(CN2CCC(C)CC2)cs1. The van der Waals surface area contributed by atoms with E-state index in [-0.39, 0.29) is 5.91 Å². The first-order valence-electron chi connectivity index (χ1n) is 7.95. The average molecular weight is 352 g/mol. The van der Waals surface area contributed by atoms with Crippen LogP contribution in [0.2, 0.25) is 0 Å². The molecule has 0 bridgehead atoms. The number of carbonyl (C=O) groups is 1. The van der Waals surface area contributed by atoms with Gasteiger partial charge in [0.05, 0.1) is 11.4 Å². The highest BCUT2D eigenvalue weighted by atomic mass is 32.1. The lowest BCUT2D eigenvalue weighted by Gasteiger charge is -2.29. The van der Waals surface area contributed by atoms with Crippen LogP contribution in [0.5, 0.6) is 0 Å². The Labute approximate surface area is 144 Å². The van der Waals surface area contributed by atoms with Crippen molar-refractivity contribution in [3.8, 4) is 0 Å².